The van der Waals surface area contributed by atoms with Gasteiger partial charge in [-0.3, -0.25) is 0 Å². The summed E-state index contributed by atoms with van der Waals surface area (Å²) >= 11 is 0. The number of nitrogens with zero attached hydrogens (tertiary/aromatic N) is 3. The molecule has 3 rings (SSSR count). The van der Waals surface area contributed by atoms with Crippen molar-refractivity contribution >= 4 is 16.9 Å². The first-order valence-electron chi connectivity index (χ1n) is 8.47. The van der Waals surface area contributed by atoms with Gasteiger partial charge in [0.2, 0.25) is 0 Å². The standard InChI is InChI=1S/C21H19N3O2/c1-4-25-15-6-8-19-17(10-15)21(14(12-22)13-23)18-11-16(26-5-2)7-9-20(18)24(19)3/h6-11H,4-5H2,1-3H3. The van der Waals surface area contributed by atoms with Gasteiger partial charge in [-0.1, -0.05) is 0 Å². The van der Waals surface area contributed by atoms with E-state index in [2.05, 4.69) is 0 Å². The van der Waals surface area contributed by atoms with Crippen LogP contribution in [0.4, 0.5) is 11.4 Å². The fourth-order valence-electron chi connectivity index (χ4n) is 3.21. The van der Waals surface area contributed by atoms with Crippen molar-refractivity contribution in [3.8, 4) is 23.6 Å². The smallest absolute Gasteiger partial charge is 0.138 e. The van der Waals surface area contributed by atoms with Gasteiger partial charge in [0.25, 0.3) is 0 Å². The third-order valence-electron chi connectivity index (χ3n) is 4.29. The number of fused-ring (bicyclic) bond motifs is 2. The zero-order valence-electron chi connectivity index (χ0n) is 15.0. The first-order valence-corrected chi connectivity index (χ1v) is 8.47. The molecule has 0 unspecified atom stereocenters. The summed E-state index contributed by atoms with van der Waals surface area (Å²) in [5, 5.41) is 19.1. The van der Waals surface area contributed by atoms with Crippen LogP contribution >= 0.6 is 0 Å². The van der Waals surface area contributed by atoms with Crippen molar-refractivity contribution in [2.45, 2.75) is 13.8 Å². The minimum absolute atomic E-state index is 0.0721. The van der Waals surface area contributed by atoms with Crippen molar-refractivity contribution in [1.29, 1.82) is 10.5 Å². The molecular formula is C21H19N3O2. The fourth-order valence-corrected chi connectivity index (χ4v) is 3.21. The maximum atomic E-state index is 9.53. The number of hydrogen-bond acceptors (Lipinski definition) is 5. The lowest BCUT2D eigenvalue weighted by Gasteiger charge is -2.32. The van der Waals surface area contributed by atoms with Crippen LogP contribution < -0.4 is 14.4 Å². The highest BCUT2D eigenvalue weighted by molar-refractivity contribution is 6.01. The Hall–Kier alpha value is -3.44. The predicted octanol–water partition coefficient (Wildman–Crippen LogP) is 4.41. The van der Waals surface area contributed by atoms with Crippen LogP contribution in [0.25, 0.3) is 5.57 Å². The molecule has 0 amide bonds. The molecule has 0 aromatic heterocycles. The van der Waals surface area contributed by atoms with E-state index in [1.54, 1.807) is 0 Å². The lowest BCUT2D eigenvalue weighted by Crippen LogP contribution is -2.19. The van der Waals surface area contributed by atoms with Gasteiger partial charge >= 0.3 is 0 Å². The van der Waals surface area contributed by atoms with Gasteiger partial charge in [-0.25, -0.2) is 0 Å². The van der Waals surface area contributed by atoms with E-state index in [9.17, 15) is 10.5 Å². The molecule has 130 valence electrons. The zero-order valence-corrected chi connectivity index (χ0v) is 15.0. The molecule has 0 spiro atoms. The molecule has 0 N–H and O–H groups in total. The lowest BCUT2D eigenvalue weighted by molar-refractivity contribution is 0.340. The maximum Gasteiger partial charge on any atom is 0.138 e. The Kier molecular flexibility index (Phi) is 4.82. The molecule has 26 heavy (non-hydrogen) atoms. The molecule has 0 aliphatic carbocycles. The largest absolute Gasteiger partial charge is 0.494 e. The van der Waals surface area contributed by atoms with Gasteiger partial charge in [0.15, 0.2) is 0 Å². The highest BCUT2D eigenvalue weighted by Crippen LogP contribution is 2.47. The van der Waals surface area contributed by atoms with E-state index in [-0.39, 0.29) is 5.57 Å². The van der Waals surface area contributed by atoms with Crippen LogP contribution in [0.3, 0.4) is 0 Å². The topological polar surface area (TPSA) is 69.3 Å². The van der Waals surface area contributed by atoms with E-state index in [1.807, 2.05) is 74.3 Å². The van der Waals surface area contributed by atoms with Crippen LogP contribution in [-0.2, 0) is 0 Å². The second kappa shape index (κ2) is 7.21. The van der Waals surface area contributed by atoms with E-state index in [1.165, 1.54) is 0 Å². The van der Waals surface area contributed by atoms with Crippen molar-refractivity contribution in [2.24, 2.45) is 0 Å². The third-order valence-corrected chi connectivity index (χ3v) is 4.29. The fraction of sp³-hybridized carbons (Fsp3) is 0.238. The molecule has 5 nitrogen and oxygen atoms in total. The summed E-state index contributed by atoms with van der Waals surface area (Å²) in [5.74, 6) is 1.41. The number of allylic oxidation sites excluding steroid dienone is 1. The molecule has 0 atom stereocenters. The maximum absolute atomic E-state index is 9.53. The number of benzene rings is 2. The summed E-state index contributed by atoms with van der Waals surface area (Å²) in [6.07, 6.45) is 0. The molecule has 5 heteroatoms. The highest BCUT2D eigenvalue weighted by Gasteiger charge is 2.28. The number of ether oxygens (including phenoxy) is 2. The van der Waals surface area contributed by atoms with Crippen LogP contribution in [0.5, 0.6) is 11.5 Å². The van der Waals surface area contributed by atoms with Crippen molar-refractivity contribution in [2.75, 3.05) is 25.2 Å². The van der Waals surface area contributed by atoms with Crippen molar-refractivity contribution in [1.82, 2.24) is 0 Å². The van der Waals surface area contributed by atoms with Crippen LogP contribution in [0.1, 0.15) is 25.0 Å². The first kappa shape index (κ1) is 17.4. The number of hydrogen-bond donors (Lipinski definition) is 0. The Labute approximate surface area is 153 Å². The quantitative estimate of drug-likeness (QED) is 0.768. The van der Waals surface area contributed by atoms with Crippen LogP contribution in [0.2, 0.25) is 0 Å². The Morgan fingerprint density at radius 1 is 0.885 bits per heavy atom. The normalized spacial score (nSPS) is 11.7. The van der Waals surface area contributed by atoms with E-state index in [0.717, 1.165) is 22.5 Å². The van der Waals surface area contributed by atoms with Crippen molar-refractivity contribution in [3.05, 3.63) is 53.1 Å². The van der Waals surface area contributed by atoms with E-state index in [4.69, 9.17) is 9.47 Å². The predicted molar refractivity (Wildman–Crippen MR) is 101 cm³/mol. The van der Waals surface area contributed by atoms with Crippen molar-refractivity contribution < 1.29 is 9.47 Å². The van der Waals surface area contributed by atoms with E-state index < -0.39 is 0 Å². The third kappa shape index (κ3) is 2.85. The minimum Gasteiger partial charge on any atom is -0.494 e. The van der Waals surface area contributed by atoms with Gasteiger partial charge in [0.1, 0.15) is 29.2 Å². The first-order chi connectivity index (χ1) is 12.6. The second-order valence-electron chi connectivity index (χ2n) is 5.76. The van der Waals surface area contributed by atoms with Crippen LogP contribution in [0, 0.1) is 22.7 Å². The van der Waals surface area contributed by atoms with Gasteiger partial charge in [0.05, 0.1) is 13.2 Å². The van der Waals surface area contributed by atoms with Gasteiger partial charge in [-0.15, -0.1) is 0 Å². The molecule has 1 aliphatic rings. The average molecular weight is 345 g/mol. The van der Waals surface area contributed by atoms with Gasteiger partial charge in [-0.05, 0) is 50.2 Å². The molecule has 0 saturated carbocycles. The molecule has 1 aliphatic heterocycles. The average Bonchev–Trinajstić information content (AvgIpc) is 2.65. The van der Waals surface area contributed by atoms with Gasteiger partial charge in [-0.2, -0.15) is 10.5 Å². The SMILES string of the molecule is CCOc1ccc2c(c1)C(=C(C#N)C#N)c1cc(OCC)ccc1N2C. The van der Waals surface area contributed by atoms with Gasteiger partial charge < -0.3 is 14.4 Å². The summed E-state index contributed by atoms with van der Waals surface area (Å²) < 4.78 is 11.2. The summed E-state index contributed by atoms with van der Waals surface area (Å²) in [6, 6.07) is 15.5. The summed E-state index contributed by atoms with van der Waals surface area (Å²) in [4.78, 5) is 2.05. The van der Waals surface area contributed by atoms with E-state index >= 15 is 0 Å². The Morgan fingerprint density at radius 2 is 1.35 bits per heavy atom. The molecule has 1 heterocycles. The number of anilines is 2. The Morgan fingerprint density at radius 3 is 1.73 bits per heavy atom. The van der Waals surface area contributed by atoms with Crippen molar-refractivity contribution in [3.63, 3.8) is 0 Å². The number of rotatable bonds is 4. The Bertz CT molecular complexity index is 889. The summed E-state index contributed by atoms with van der Waals surface area (Å²) in [5.41, 5.74) is 4.13. The monoisotopic (exact) mass is 345 g/mol. The van der Waals surface area contributed by atoms with Crippen LogP contribution in [0.15, 0.2) is 42.0 Å². The second-order valence-corrected chi connectivity index (χ2v) is 5.76. The van der Waals surface area contributed by atoms with E-state index in [0.29, 0.717) is 30.3 Å². The molecule has 0 radical (unpaired) electrons. The number of nitriles is 2. The highest BCUT2D eigenvalue weighted by atomic mass is 16.5. The van der Waals surface area contributed by atoms with Crippen LogP contribution in [-0.4, -0.2) is 20.3 Å². The molecular weight excluding hydrogens is 326 g/mol. The molecule has 2 aromatic rings. The lowest BCUT2D eigenvalue weighted by atomic mass is 9.87. The molecule has 0 bridgehead atoms. The van der Waals surface area contributed by atoms with Gasteiger partial charge in [0, 0.05) is 35.1 Å². The minimum atomic E-state index is 0.0721. The Balaban J connectivity index is 2.32. The zero-order chi connectivity index (χ0) is 18.7. The summed E-state index contributed by atoms with van der Waals surface area (Å²) in [6.45, 7) is 4.92. The molecule has 0 fully saturated rings. The molecule has 2 aromatic carbocycles. The molecule has 0 saturated heterocycles. The summed E-state index contributed by atoms with van der Waals surface area (Å²) in [7, 11) is 1.97.